The summed E-state index contributed by atoms with van der Waals surface area (Å²) in [5.41, 5.74) is 1.20. The van der Waals surface area contributed by atoms with Gasteiger partial charge in [-0.2, -0.15) is 0 Å². The number of nitrogens with zero attached hydrogens (tertiary/aromatic N) is 2. The summed E-state index contributed by atoms with van der Waals surface area (Å²) in [6.07, 6.45) is 3.25. The highest BCUT2D eigenvalue weighted by atomic mass is 35.5. The fourth-order valence-electron chi connectivity index (χ4n) is 1.90. The molecule has 25 heavy (non-hydrogen) atoms. The Hall–Kier alpha value is -2.32. The van der Waals surface area contributed by atoms with Gasteiger partial charge in [0, 0.05) is 11.9 Å². The summed E-state index contributed by atoms with van der Waals surface area (Å²) in [4.78, 5) is 32.1. The van der Waals surface area contributed by atoms with E-state index >= 15 is 0 Å². The average Bonchev–Trinajstić information content (AvgIpc) is 2.61. The van der Waals surface area contributed by atoms with Crippen LogP contribution in [0.1, 0.15) is 27.6 Å². The number of esters is 2. The number of rotatable bonds is 6. The normalized spacial score (nSPS) is 9.72. The van der Waals surface area contributed by atoms with Gasteiger partial charge in [-0.05, 0) is 31.4 Å². The third kappa shape index (κ3) is 5.33. The lowest BCUT2D eigenvalue weighted by molar-refractivity contribution is -0.0000373. The number of hydrogen-bond donors (Lipinski definition) is 1. The molecule has 7 nitrogen and oxygen atoms in total. The van der Waals surface area contributed by atoms with E-state index in [1.165, 1.54) is 25.1 Å². The van der Waals surface area contributed by atoms with Crippen LogP contribution in [0.2, 0.25) is 0 Å². The predicted molar refractivity (Wildman–Crippen MR) is 90.8 cm³/mol. The molecule has 9 heteroatoms. The molecule has 0 saturated carbocycles. The minimum Gasteiger partial charge on any atom is -1.00 e. The van der Waals surface area contributed by atoms with E-state index in [0.717, 1.165) is 0 Å². The summed E-state index contributed by atoms with van der Waals surface area (Å²) < 4.78 is 9.72. The Labute approximate surface area is 155 Å². The first kappa shape index (κ1) is 20.7. The molecule has 1 N–H and O–H groups in total. The number of halogens is 1. The van der Waals surface area contributed by atoms with Crippen LogP contribution in [0.4, 0.5) is 11.5 Å². The van der Waals surface area contributed by atoms with E-state index in [1.807, 2.05) is 6.26 Å². The van der Waals surface area contributed by atoms with Crippen molar-refractivity contribution in [1.29, 1.82) is 0 Å². The van der Waals surface area contributed by atoms with Gasteiger partial charge < -0.3 is 27.2 Å². The zero-order chi connectivity index (χ0) is 17.5. The predicted octanol–water partition coefficient (Wildman–Crippen LogP) is -0.0906. The lowest BCUT2D eigenvalue weighted by atomic mass is 10.2. The topological polar surface area (TPSA) is 90.4 Å². The molecule has 0 fully saturated rings. The van der Waals surface area contributed by atoms with Gasteiger partial charge in [0.1, 0.15) is 11.4 Å². The van der Waals surface area contributed by atoms with Gasteiger partial charge >= 0.3 is 11.9 Å². The number of aromatic nitrogens is 2. The molecule has 0 aliphatic heterocycles. The highest BCUT2D eigenvalue weighted by Gasteiger charge is 2.16. The first-order valence-corrected chi connectivity index (χ1v) is 8.35. The van der Waals surface area contributed by atoms with E-state index in [1.54, 1.807) is 31.2 Å². The maximum absolute atomic E-state index is 12.1. The van der Waals surface area contributed by atoms with Crippen molar-refractivity contribution >= 4 is 35.2 Å². The van der Waals surface area contributed by atoms with Crippen molar-refractivity contribution < 1.29 is 31.5 Å². The molecule has 2 aromatic rings. The van der Waals surface area contributed by atoms with Gasteiger partial charge in [-0.3, -0.25) is 0 Å². The fourth-order valence-corrected chi connectivity index (χ4v) is 2.24. The molecule has 0 unspecified atom stereocenters. The van der Waals surface area contributed by atoms with Crippen LogP contribution in [-0.4, -0.2) is 41.9 Å². The van der Waals surface area contributed by atoms with Crippen molar-refractivity contribution in [1.82, 2.24) is 9.97 Å². The molecule has 1 heterocycles. The summed E-state index contributed by atoms with van der Waals surface area (Å²) in [5.74, 6) is -0.650. The quantitative estimate of drug-likeness (QED) is 0.421. The molecule has 0 aliphatic carbocycles. The zero-order valence-corrected chi connectivity index (χ0v) is 15.5. The van der Waals surface area contributed by atoms with E-state index in [4.69, 9.17) is 9.47 Å². The van der Waals surface area contributed by atoms with Crippen LogP contribution in [0.5, 0.6) is 0 Å². The molecule has 0 amide bonds. The average molecular weight is 383 g/mol. The smallest absolute Gasteiger partial charge is 0.343 e. The maximum atomic E-state index is 12.1. The van der Waals surface area contributed by atoms with Crippen molar-refractivity contribution in [3.05, 3.63) is 41.6 Å². The number of carbonyl (C=O) groups excluding carboxylic acids is 2. The number of thioether (sulfide) groups is 1. The van der Waals surface area contributed by atoms with Gasteiger partial charge in [0.05, 0.1) is 19.3 Å². The van der Waals surface area contributed by atoms with Crippen molar-refractivity contribution in [3.63, 3.8) is 0 Å². The monoisotopic (exact) mass is 382 g/mol. The Kier molecular flexibility index (Phi) is 8.17. The third-order valence-corrected chi connectivity index (χ3v) is 3.55. The van der Waals surface area contributed by atoms with Crippen molar-refractivity contribution in [2.45, 2.75) is 12.1 Å². The first-order valence-electron chi connectivity index (χ1n) is 7.12. The van der Waals surface area contributed by atoms with Gasteiger partial charge in [-0.15, -0.1) is 0 Å². The SMILES string of the molecule is CCOC(=O)c1cnc(SC)nc1Nc1cccc(C(=O)OC)c1.[Cl-]. The lowest BCUT2D eigenvalue weighted by Gasteiger charge is -2.11. The number of hydrogen-bond acceptors (Lipinski definition) is 8. The zero-order valence-electron chi connectivity index (χ0n) is 13.9. The van der Waals surface area contributed by atoms with Gasteiger partial charge in [-0.1, -0.05) is 17.8 Å². The van der Waals surface area contributed by atoms with E-state index < -0.39 is 11.9 Å². The molecule has 2 rings (SSSR count). The Morgan fingerprint density at radius 1 is 1.28 bits per heavy atom. The molecular formula is C16H17ClN3O4S-. The molecule has 0 aliphatic rings. The van der Waals surface area contributed by atoms with Crippen molar-refractivity contribution in [2.24, 2.45) is 0 Å². The van der Waals surface area contributed by atoms with Crippen LogP contribution in [-0.2, 0) is 9.47 Å². The van der Waals surface area contributed by atoms with Crippen LogP contribution in [0, 0.1) is 0 Å². The summed E-state index contributed by atoms with van der Waals surface area (Å²) in [5, 5.41) is 3.54. The molecular weight excluding hydrogens is 366 g/mol. The summed E-state index contributed by atoms with van der Waals surface area (Å²) >= 11 is 1.35. The van der Waals surface area contributed by atoms with Crippen molar-refractivity contribution in [2.75, 3.05) is 25.3 Å². The van der Waals surface area contributed by atoms with Crippen LogP contribution in [0.15, 0.2) is 35.6 Å². The Balaban J connectivity index is 0.00000312. The Morgan fingerprint density at radius 2 is 2.04 bits per heavy atom. The second-order valence-electron chi connectivity index (χ2n) is 4.54. The van der Waals surface area contributed by atoms with Gasteiger partial charge in [-0.25, -0.2) is 19.6 Å². The number of carbonyl (C=O) groups is 2. The minimum atomic E-state index is -0.517. The lowest BCUT2D eigenvalue weighted by Crippen LogP contribution is -3.00. The van der Waals surface area contributed by atoms with E-state index in [-0.39, 0.29) is 24.6 Å². The minimum absolute atomic E-state index is 0. The second-order valence-corrected chi connectivity index (χ2v) is 5.31. The van der Waals surface area contributed by atoms with Crippen LogP contribution >= 0.6 is 11.8 Å². The fraction of sp³-hybridized carbons (Fsp3) is 0.250. The van der Waals surface area contributed by atoms with Gasteiger partial charge in [0.15, 0.2) is 5.16 Å². The number of nitrogens with one attached hydrogen (secondary N) is 1. The molecule has 0 atom stereocenters. The number of anilines is 2. The molecule has 1 aromatic carbocycles. The number of benzene rings is 1. The molecule has 0 bridgehead atoms. The van der Waals surface area contributed by atoms with E-state index in [9.17, 15) is 9.59 Å². The first-order chi connectivity index (χ1) is 11.6. The highest BCUT2D eigenvalue weighted by Crippen LogP contribution is 2.22. The molecule has 1 aromatic heterocycles. The molecule has 0 spiro atoms. The van der Waals surface area contributed by atoms with Crippen LogP contribution in [0.3, 0.4) is 0 Å². The third-order valence-electron chi connectivity index (χ3n) is 2.99. The van der Waals surface area contributed by atoms with E-state index in [2.05, 4.69) is 15.3 Å². The standard InChI is InChI=1S/C16H17N3O4S.ClH/c1-4-23-15(21)12-9-17-16(24-3)19-13(12)18-11-7-5-6-10(8-11)14(20)22-2;/h5-9H,4H2,1-3H3,(H,17,18,19);1H/p-1. The maximum Gasteiger partial charge on any atom is 0.343 e. The van der Waals surface area contributed by atoms with E-state index in [0.29, 0.717) is 22.2 Å². The summed E-state index contributed by atoms with van der Waals surface area (Å²) in [6, 6.07) is 6.70. The van der Waals surface area contributed by atoms with Crippen LogP contribution in [0.25, 0.3) is 0 Å². The molecule has 134 valence electrons. The van der Waals surface area contributed by atoms with Gasteiger partial charge in [0.25, 0.3) is 0 Å². The van der Waals surface area contributed by atoms with Crippen LogP contribution < -0.4 is 17.7 Å². The molecule has 0 saturated heterocycles. The number of ether oxygens (including phenoxy) is 2. The van der Waals surface area contributed by atoms with Gasteiger partial charge in [0.2, 0.25) is 0 Å². The number of methoxy groups -OCH3 is 1. The summed E-state index contributed by atoms with van der Waals surface area (Å²) in [7, 11) is 1.32. The largest absolute Gasteiger partial charge is 1.00 e. The Morgan fingerprint density at radius 3 is 2.68 bits per heavy atom. The molecule has 0 radical (unpaired) electrons. The Bertz CT molecular complexity index is 758. The van der Waals surface area contributed by atoms with Crippen molar-refractivity contribution in [3.8, 4) is 0 Å². The highest BCUT2D eigenvalue weighted by molar-refractivity contribution is 7.98. The summed E-state index contributed by atoms with van der Waals surface area (Å²) in [6.45, 7) is 1.97. The second kappa shape index (κ2) is 9.85.